The topological polar surface area (TPSA) is 66.5 Å². The first-order valence-electron chi connectivity index (χ1n) is 10.5. The number of aryl methyl sites for hydroxylation is 2. The molecule has 1 N–H and O–H groups in total. The molecule has 1 fully saturated rings. The van der Waals surface area contributed by atoms with Gasteiger partial charge in [0.15, 0.2) is 0 Å². The minimum atomic E-state index is -3.53. The highest BCUT2D eigenvalue weighted by molar-refractivity contribution is 7.89. The van der Waals surface area contributed by atoms with Gasteiger partial charge in [-0.3, -0.25) is 4.79 Å². The zero-order valence-corrected chi connectivity index (χ0v) is 19.3. The monoisotopic (exact) mass is 448 g/mol. The maximum Gasteiger partial charge on any atom is 0.243 e. The molecule has 3 rings (SSSR count). The highest BCUT2D eigenvalue weighted by Gasteiger charge is 2.32. The van der Waals surface area contributed by atoms with E-state index in [1.54, 1.807) is 24.3 Å². The second-order valence-electron chi connectivity index (χ2n) is 7.75. The zero-order valence-electron chi connectivity index (χ0n) is 17.7. The fraction of sp³-hybridized carbons (Fsp3) is 0.435. The van der Waals surface area contributed by atoms with Crippen molar-refractivity contribution in [1.29, 1.82) is 0 Å². The molecular formula is C23H29ClN2O3S. The van der Waals surface area contributed by atoms with Gasteiger partial charge in [0.25, 0.3) is 0 Å². The molecule has 0 aromatic heterocycles. The molecular weight excluding hydrogens is 420 g/mol. The molecule has 0 saturated carbocycles. The van der Waals surface area contributed by atoms with Crippen LogP contribution in [0.25, 0.3) is 0 Å². The quantitative estimate of drug-likeness (QED) is 0.689. The van der Waals surface area contributed by atoms with Gasteiger partial charge >= 0.3 is 0 Å². The predicted molar refractivity (Wildman–Crippen MR) is 121 cm³/mol. The van der Waals surface area contributed by atoms with Gasteiger partial charge in [-0.1, -0.05) is 49.2 Å². The summed E-state index contributed by atoms with van der Waals surface area (Å²) in [5, 5.41) is 3.75. The molecule has 0 aliphatic carbocycles. The Hall–Kier alpha value is -1.89. The molecule has 7 heteroatoms. The van der Waals surface area contributed by atoms with E-state index in [0.29, 0.717) is 35.8 Å². The van der Waals surface area contributed by atoms with Crippen molar-refractivity contribution >= 4 is 33.2 Å². The number of anilines is 1. The Morgan fingerprint density at radius 1 is 1.07 bits per heavy atom. The standard InChI is InChI=1S/C23H29ClN2O3S/c1-4-17-8-11-21(24)20(5-2)22(17)25-23(27)18-12-14-26(15-13-18)30(28,29)19-9-6-16(3)7-10-19/h6-11,18H,4-5,12-15H2,1-3H3,(H,25,27). The van der Waals surface area contributed by atoms with Crippen LogP contribution in [0, 0.1) is 12.8 Å². The average molecular weight is 449 g/mol. The van der Waals surface area contributed by atoms with Gasteiger partial charge in [0.1, 0.15) is 0 Å². The third-order valence-electron chi connectivity index (χ3n) is 5.81. The molecule has 5 nitrogen and oxygen atoms in total. The summed E-state index contributed by atoms with van der Waals surface area (Å²) in [6.45, 7) is 6.67. The van der Waals surface area contributed by atoms with Crippen LogP contribution in [0.5, 0.6) is 0 Å². The summed E-state index contributed by atoms with van der Waals surface area (Å²) < 4.78 is 27.2. The van der Waals surface area contributed by atoms with Crippen molar-refractivity contribution in [3.8, 4) is 0 Å². The smallest absolute Gasteiger partial charge is 0.243 e. The first-order valence-corrected chi connectivity index (χ1v) is 12.3. The fourth-order valence-electron chi connectivity index (χ4n) is 3.91. The predicted octanol–water partition coefficient (Wildman–Crippen LogP) is 4.81. The molecule has 0 spiro atoms. The van der Waals surface area contributed by atoms with Crippen LogP contribution in [-0.2, 0) is 27.7 Å². The van der Waals surface area contributed by atoms with Crippen molar-refractivity contribution in [3.63, 3.8) is 0 Å². The lowest BCUT2D eigenvalue weighted by Crippen LogP contribution is -2.41. The van der Waals surface area contributed by atoms with Crippen LogP contribution in [0.1, 0.15) is 43.4 Å². The number of hydrogen-bond acceptors (Lipinski definition) is 3. The third kappa shape index (κ3) is 4.71. The van der Waals surface area contributed by atoms with Crippen LogP contribution in [0.2, 0.25) is 5.02 Å². The van der Waals surface area contributed by atoms with Crippen LogP contribution in [0.4, 0.5) is 5.69 Å². The van der Waals surface area contributed by atoms with Gasteiger partial charge in [-0.2, -0.15) is 4.31 Å². The lowest BCUT2D eigenvalue weighted by atomic mass is 9.96. The molecule has 0 unspecified atom stereocenters. The highest BCUT2D eigenvalue weighted by Crippen LogP contribution is 2.31. The number of hydrogen-bond donors (Lipinski definition) is 1. The van der Waals surface area contributed by atoms with Gasteiger partial charge in [-0.05, 0) is 61.9 Å². The summed E-state index contributed by atoms with van der Waals surface area (Å²) in [5.41, 5.74) is 3.84. The fourth-order valence-corrected chi connectivity index (χ4v) is 5.67. The normalized spacial score (nSPS) is 15.9. The third-order valence-corrected chi connectivity index (χ3v) is 8.08. The van der Waals surface area contributed by atoms with Gasteiger partial charge in [0.2, 0.25) is 15.9 Å². The highest BCUT2D eigenvalue weighted by atomic mass is 35.5. The molecule has 0 bridgehead atoms. The van der Waals surface area contributed by atoms with E-state index in [1.807, 2.05) is 32.9 Å². The van der Waals surface area contributed by atoms with Gasteiger partial charge in [-0.25, -0.2) is 8.42 Å². The summed E-state index contributed by atoms with van der Waals surface area (Å²) in [6, 6.07) is 10.7. The largest absolute Gasteiger partial charge is 0.325 e. The second-order valence-corrected chi connectivity index (χ2v) is 10.1. The molecule has 30 heavy (non-hydrogen) atoms. The first-order chi connectivity index (χ1) is 14.3. The van der Waals surface area contributed by atoms with Crippen LogP contribution in [-0.4, -0.2) is 31.7 Å². The van der Waals surface area contributed by atoms with E-state index in [-0.39, 0.29) is 11.8 Å². The Morgan fingerprint density at radius 3 is 2.27 bits per heavy atom. The average Bonchev–Trinajstić information content (AvgIpc) is 2.74. The molecule has 1 saturated heterocycles. The molecule has 162 valence electrons. The lowest BCUT2D eigenvalue weighted by Gasteiger charge is -2.31. The molecule has 2 aromatic carbocycles. The molecule has 1 heterocycles. The summed E-state index contributed by atoms with van der Waals surface area (Å²) >= 11 is 6.34. The number of amides is 1. The van der Waals surface area contributed by atoms with Crippen LogP contribution < -0.4 is 5.32 Å². The van der Waals surface area contributed by atoms with Crippen LogP contribution >= 0.6 is 11.6 Å². The Balaban J connectivity index is 1.69. The number of carbonyl (C=O) groups is 1. The summed E-state index contributed by atoms with van der Waals surface area (Å²) in [4.78, 5) is 13.3. The number of halogens is 1. The van der Waals surface area contributed by atoms with Crippen LogP contribution in [0.15, 0.2) is 41.3 Å². The van der Waals surface area contributed by atoms with Gasteiger partial charge in [-0.15, -0.1) is 0 Å². The lowest BCUT2D eigenvalue weighted by molar-refractivity contribution is -0.120. The summed E-state index contributed by atoms with van der Waals surface area (Å²) in [7, 11) is -3.53. The SMILES string of the molecule is CCc1ccc(Cl)c(CC)c1NC(=O)C1CCN(S(=O)(=O)c2ccc(C)cc2)CC1. The second kappa shape index (κ2) is 9.50. The van der Waals surface area contributed by atoms with Gasteiger partial charge < -0.3 is 5.32 Å². The number of piperidine rings is 1. The van der Waals surface area contributed by atoms with Crippen molar-refractivity contribution in [3.05, 3.63) is 58.1 Å². The first kappa shape index (κ1) is 22.8. The number of benzene rings is 2. The Labute approximate surface area is 184 Å². The van der Waals surface area contributed by atoms with E-state index in [9.17, 15) is 13.2 Å². The minimum absolute atomic E-state index is 0.0611. The van der Waals surface area contributed by atoms with E-state index >= 15 is 0 Å². The van der Waals surface area contributed by atoms with E-state index in [2.05, 4.69) is 5.32 Å². The maximum absolute atomic E-state index is 13.0. The number of sulfonamides is 1. The summed E-state index contributed by atoms with van der Waals surface area (Å²) in [5.74, 6) is -0.281. The maximum atomic E-state index is 13.0. The Kier molecular flexibility index (Phi) is 7.22. The Morgan fingerprint density at radius 2 is 1.70 bits per heavy atom. The molecule has 0 radical (unpaired) electrons. The molecule has 1 aliphatic heterocycles. The molecule has 0 atom stereocenters. The van der Waals surface area contributed by atoms with E-state index in [0.717, 1.165) is 35.2 Å². The number of carbonyl (C=O) groups excluding carboxylic acids is 1. The molecule has 1 aliphatic rings. The zero-order chi connectivity index (χ0) is 21.9. The van der Waals surface area contributed by atoms with Crippen molar-refractivity contribution < 1.29 is 13.2 Å². The van der Waals surface area contributed by atoms with E-state index < -0.39 is 10.0 Å². The van der Waals surface area contributed by atoms with Crippen molar-refractivity contribution in [2.45, 2.75) is 51.3 Å². The van der Waals surface area contributed by atoms with Crippen molar-refractivity contribution in [2.75, 3.05) is 18.4 Å². The molecule has 1 amide bonds. The van der Waals surface area contributed by atoms with Crippen molar-refractivity contribution in [2.24, 2.45) is 5.92 Å². The number of nitrogens with zero attached hydrogens (tertiary/aromatic N) is 1. The van der Waals surface area contributed by atoms with Gasteiger partial charge in [0, 0.05) is 29.7 Å². The number of rotatable bonds is 6. The Bertz CT molecular complexity index is 1010. The number of nitrogens with one attached hydrogen (secondary N) is 1. The van der Waals surface area contributed by atoms with E-state index in [1.165, 1.54) is 4.31 Å². The van der Waals surface area contributed by atoms with Crippen molar-refractivity contribution in [1.82, 2.24) is 4.31 Å². The summed E-state index contributed by atoms with van der Waals surface area (Å²) in [6.07, 6.45) is 2.53. The van der Waals surface area contributed by atoms with Crippen LogP contribution in [0.3, 0.4) is 0 Å². The minimum Gasteiger partial charge on any atom is -0.325 e. The van der Waals surface area contributed by atoms with Gasteiger partial charge in [0.05, 0.1) is 4.90 Å². The molecule has 2 aromatic rings. The van der Waals surface area contributed by atoms with E-state index in [4.69, 9.17) is 11.6 Å².